The molecule has 142 valence electrons. The number of urea groups is 1. The number of ether oxygens (including phenoxy) is 1. The average molecular weight is 378 g/mol. The fourth-order valence-electron chi connectivity index (χ4n) is 3.11. The first-order valence-electron chi connectivity index (χ1n) is 8.68. The molecule has 0 spiro atoms. The van der Waals surface area contributed by atoms with E-state index in [1.807, 2.05) is 18.2 Å². The van der Waals surface area contributed by atoms with Crippen molar-refractivity contribution in [3.8, 4) is 17.2 Å². The minimum absolute atomic E-state index is 0.101. The molecule has 1 saturated heterocycles. The topological polar surface area (TPSA) is 97.6 Å². The monoisotopic (exact) mass is 378 g/mol. The smallest absolute Gasteiger partial charge is 0.325 e. The summed E-state index contributed by atoms with van der Waals surface area (Å²) < 4.78 is 10.8. The van der Waals surface area contributed by atoms with Gasteiger partial charge in [0.15, 0.2) is 0 Å². The van der Waals surface area contributed by atoms with Gasteiger partial charge in [-0.25, -0.2) is 4.79 Å². The van der Waals surface area contributed by atoms with Crippen LogP contribution in [0, 0.1) is 0 Å². The summed E-state index contributed by atoms with van der Waals surface area (Å²) in [5.74, 6) is 0.818. The van der Waals surface area contributed by atoms with Crippen LogP contribution in [0.15, 0.2) is 59.0 Å². The lowest BCUT2D eigenvalue weighted by Crippen LogP contribution is -2.40. The number of hydrogen-bond donors (Lipinski definition) is 1. The molecular weight excluding hydrogens is 360 g/mol. The predicted molar refractivity (Wildman–Crippen MR) is 99.2 cm³/mol. The summed E-state index contributed by atoms with van der Waals surface area (Å²) >= 11 is 0. The van der Waals surface area contributed by atoms with E-state index in [4.69, 9.17) is 9.15 Å². The number of amides is 3. The van der Waals surface area contributed by atoms with Crippen LogP contribution in [-0.4, -0.2) is 34.1 Å². The van der Waals surface area contributed by atoms with Crippen molar-refractivity contribution in [3.63, 3.8) is 0 Å². The highest BCUT2D eigenvalue weighted by atomic mass is 16.5. The van der Waals surface area contributed by atoms with E-state index >= 15 is 0 Å². The van der Waals surface area contributed by atoms with E-state index < -0.39 is 11.6 Å². The van der Waals surface area contributed by atoms with Crippen molar-refractivity contribution >= 4 is 11.9 Å². The number of nitrogens with zero attached hydrogens (tertiary/aromatic N) is 3. The minimum atomic E-state index is -1.13. The standard InChI is InChI=1S/C20H18N4O4/c1-20(14-6-4-3-5-7-14)18(25)24(19(26)21-20)12-16-22-23-17(28-16)13-8-10-15(27-2)11-9-13/h3-11H,12H2,1-2H3,(H,21,26)/t20-/m0/s1. The lowest BCUT2D eigenvalue weighted by molar-refractivity contribution is -0.131. The highest BCUT2D eigenvalue weighted by molar-refractivity contribution is 6.07. The predicted octanol–water partition coefficient (Wildman–Crippen LogP) is 2.71. The molecule has 28 heavy (non-hydrogen) atoms. The Hall–Kier alpha value is -3.68. The van der Waals surface area contributed by atoms with Crippen molar-refractivity contribution in [2.75, 3.05) is 7.11 Å². The lowest BCUT2D eigenvalue weighted by Gasteiger charge is -2.21. The molecule has 2 aromatic carbocycles. The zero-order chi connectivity index (χ0) is 19.7. The van der Waals surface area contributed by atoms with Gasteiger partial charge in [-0.1, -0.05) is 30.3 Å². The van der Waals surface area contributed by atoms with Crippen molar-refractivity contribution in [2.24, 2.45) is 0 Å². The number of imide groups is 1. The Kier molecular flexibility index (Phi) is 4.31. The third kappa shape index (κ3) is 2.98. The first-order chi connectivity index (χ1) is 13.5. The van der Waals surface area contributed by atoms with E-state index in [9.17, 15) is 9.59 Å². The Labute approximate surface area is 161 Å². The van der Waals surface area contributed by atoms with Gasteiger partial charge in [0.2, 0.25) is 11.8 Å². The molecule has 1 aliphatic rings. The highest BCUT2D eigenvalue weighted by Gasteiger charge is 2.49. The average Bonchev–Trinajstić information content (AvgIpc) is 3.28. The van der Waals surface area contributed by atoms with E-state index in [-0.39, 0.29) is 18.3 Å². The normalized spacial score (nSPS) is 19.0. The largest absolute Gasteiger partial charge is 0.497 e. The molecule has 2 heterocycles. The number of hydrogen-bond acceptors (Lipinski definition) is 6. The van der Waals surface area contributed by atoms with Crippen LogP contribution in [0.25, 0.3) is 11.5 Å². The molecule has 8 nitrogen and oxygen atoms in total. The summed E-state index contributed by atoms with van der Waals surface area (Å²) in [7, 11) is 1.58. The Morgan fingerprint density at radius 2 is 1.79 bits per heavy atom. The summed E-state index contributed by atoms with van der Waals surface area (Å²) in [5, 5.41) is 10.7. The molecule has 0 aliphatic carbocycles. The quantitative estimate of drug-likeness (QED) is 0.686. The van der Waals surface area contributed by atoms with E-state index in [1.165, 1.54) is 0 Å². The van der Waals surface area contributed by atoms with Crippen LogP contribution < -0.4 is 10.1 Å². The lowest BCUT2D eigenvalue weighted by atomic mass is 9.92. The summed E-state index contributed by atoms with van der Waals surface area (Å²) in [4.78, 5) is 26.4. The molecular formula is C20H18N4O4. The van der Waals surface area contributed by atoms with Crippen molar-refractivity contribution in [1.82, 2.24) is 20.4 Å². The van der Waals surface area contributed by atoms with Crippen molar-refractivity contribution in [3.05, 3.63) is 66.1 Å². The van der Waals surface area contributed by atoms with Crippen molar-refractivity contribution < 1.29 is 18.7 Å². The van der Waals surface area contributed by atoms with E-state index in [2.05, 4.69) is 15.5 Å². The van der Waals surface area contributed by atoms with E-state index in [1.54, 1.807) is 50.4 Å². The van der Waals surface area contributed by atoms with Crippen molar-refractivity contribution in [2.45, 2.75) is 19.0 Å². The molecule has 0 unspecified atom stereocenters. The SMILES string of the molecule is COc1ccc(-c2nnc(CN3C(=O)N[C@@](C)(c4ccccc4)C3=O)o2)cc1. The van der Waals surface area contributed by atoms with Gasteiger partial charge >= 0.3 is 6.03 Å². The number of carbonyl (C=O) groups is 2. The number of nitrogens with one attached hydrogen (secondary N) is 1. The second-order valence-electron chi connectivity index (χ2n) is 6.54. The third-order valence-electron chi connectivity index (χ3n) is 4.72. The molecule has 0 bridgehead atoms. The van der Waals surface area contributed by atoms with Crippen LogP contribution in [0.5, 0.6) is 5.75 Å². The van der Waals surface area contributed by atoms with Gasteiger partial charge in [0.05, 0.1) is 7.11 Å². The van der Waals surface area contributed by atoms with Crippen LogP contribution in [0.2, 0.25) is 0 Å². The maximum absolute atomic E-state index is 12.9. The van der Waals surface area contributed by atoms with Gasteiger partial charge in [0.25, 0.3) is 5.91 Å². The van der Waals surface area contributed by atoms with Gasteiger partial charge in [0, 0.05) is 5.56 Å². The number of carbonyl (C=O) groups excluding carboxylic acids is 2. The maximum Gasteiger partial charge on any atom is 0.325 e. The first kappa shape index (κ1) is 17.7. The molecule has 8 heteroatoms. The minimum Gasteiger partial charge on any atom is -0.497 e. The summed E-state index contributed by atoms with van der Waals surface area (Å²) in [6, 6.07) is 15.7. The molecule has 3 aromatic rings. The van der Waals surface area contributed by atoms with Gasteiger partial charge in [0.1, 0.15) is 17.8 Å². The van der Waals surface area contributed by atoms with Crippen LogP contribution in [-0.2, 0) is 16.9 Å². The molecule has 1 aliphatic heterocycles. The Morgan fingerprint density at radius 3 is 2.46 bits per heavy atom. The highest BCUT2D eigenvalue weighted by Crippen LogP contribution is 2.30. The maximum atomic E-state index is 12.9. The number of benzene rings is 2. The molecule has 1 aromatic heterocycles. The summed E-state index contributed by atoms with van der Waals surface area (Å²) in [6.07, 6.45) is 0. The fourth-order valence-corrected chi connectivity index (χ4v) is 3.11. The summed E-state index contributed by atoms with van der Waals surface area (Å²) in [5.41, 5.74) is 0.295. The Balaban J connectivity index is 1.54. The van der Waals surface area contributed by atoms with Crippen molar-refractivity contribution in [1.29, 1.82) is 0 Å². The third-order valence-corrected chi connectivity index (χ3v) is 4.72. The Bertz CT molecular complexity index is 1020. The first-order valence-corrected chi connectivity index (χ1v) is 8.68. The molecule has 0 radical (unpaired) electrons. The molecule has 0 saturated carbocycles. The second-order valence-corrected chi connectivity index (χ2v) is 6.54. The fraction of sp³-hybridized carbons (Fsp3) is 0.200. The van der Waals surface area contributed by atoms with Gasteiger partial charge in [-0.15, -0.1) is 10.2 Å². The number of methoxy groups -OCH3 is 1. The zero-order valence-electron chi connectivity index (χ0n) is 15.4. The van der Waals surface area contributed by atoms with Gasteiger partial charge in [-0.3, -0.25) is 9.69 Å². The molecule has 3 amide bonds. The van der Waals surface area contributed by atoms with E-state index in [0.717, 1.165) is 4.90 Å². The van der Waals surface area contributed by atoms with Gasteiger partial charge in [-0.2, -0.15) is 0 Å². The van der Waals surface area contributed by atoms with Crippen LogP contribution >= 0.6 is 0 Å². The molecule has 1 atom stereocenters. The summed E-state index contributed by atoms with van der Waals surface area (Å²) in [6.45, 7) is 1.58. The molecule has 1 fully saturated rings. The Morgan fingerprint density at radius 1 is 1.07 bits per heavy atom. The zero-order valence-corrected chi connectivity index (χ0v) is 15.4. The second kappa shape index (κ2) is 6.80. The van der Waals surface area contributed by atoms with Crippen LogP contribution in [0.4, 0.5) is 4.79 Å². The van der Waals surface area contributed by atoms with Crippen LogP contribution in [0.3, 0.4) is 0 Å². The molecule has 4 rings (SSSR count). The van der Waals surface area contributed by atoms with Gasteiger partial charge in [-0.05, 0) is 36.8 Å². The number of aromatic nitrogens is 2. The van der Waals surface area contributed by atoms with Gasteiger partial charge < -0.3 is 14.5 Å². The number of rotatable bonds is 5. The van der Waals surface area contributed by atoms with E-state index in [0.29, 0.717) is 22.8 Å². The van der Waals surface area contributed by atoms with Crippen LogP contribution in [0.1, 0.15) is 18.4 Å². The molecule has 1 N–H and O–H groups in total.